The molecule has 1 unspecified atom stereocenters. The van der Waals surface area contributed by atoms with Gasteiger partial charge in [0.2, 0.25) is 5.91 Å². The summed E-state index contributed by atoms with van der Waals surface area (Å²) in [6.07, 6.45) is -2.27. The lowest BCUT2D eigenvalue weighted by atomic mass is 9.82. The lowest BCUT2D eigenvalue weighted by Gasteiger charge is -2.26. The first-order valence-electron chi connectivity index (χ1n) is 13.6. The summed E-state index contributed by atoms with van der Waals surface area (Å²) in [4.78, 5) is 33.5. The highest BCUT2D eigenvalue weighted by Gasteiger charge is 2.38. The number of benzene rings is 2. The Kier molecular flexibility index (Phi) is 9.75. The molecule has 1 saturated carbocycles. The van der Waals surface area contributed by atoms with Crippen LogP contribution in [0, 0.1) is 23.4 Å². The zero-order chi connectivity index (χ0) is 32.2. The van der Waals surface area contributed by atoms with E-state index in [9.17, 15) is 35.9 Å². The van der Waals surface area contributed by atoms with E-state index in [-0.39, 0.29) is 40.9 Å². The molecule has 2 amide bonds. The molecular formula is C31H29F6N5O2. The Morgan fingerprint density at radius 2 is 1.77 bits per heavy atom. The molecule has 0 spiro atoms. The van der Waals surface area contributed by atoms with Crippen molar-refractivity contribution >= 4 is 17.5 Å². The van der Waals surface area contributed by atoms with Gasteiger partial charge in [-0.2, -0.15) is 13.2 Å². The van der Waals surface area contributed by atoms with Gasteiger partial charge in [-0.1, -0.05) is 19.1 Å². The van der Waals surface area contributed by atoms with E-state index in [1.807, 2.05) is 0 Å². The SMILES string of the molecule is CC1CCCC(=NCC(=O)N[C@@H](Cc2cc(F)cc(F)c2)c2ncccc2-c2ccc(F)c(C(N)=O)c2)C1=C(N)C(F)(F)F. The summed E-state index contributed by atoms with van der Waals surface area (Å²) in [5.74, 6) is -4.78. The van der Waals surface area contributed by atoms with E-state index in [2.05, 4.69) is 15.3 Å². The van der Waals surface area contributed by atoms with Crippen LogP contribution in [0.2, 0.25) is 0 Å². The molecule has 0 aliphatic heterocycles. The van der Waals surface area contributed by atoms with E-state index in [1.54, 1.807) is 19.1 Å². The van der Waals surface area contributed by atoms with Gasteiger partial charge < -0.3 is 16.8 Å². The fourth-order valence-corrected chi connectivity index (χ4v) is 5.29. The monoisotopic (exact) mass is 617 g/mol. The summed E-state index contributed by atoms with van der Waals surface area (Å²) in [6.45, 7) is 1.05. The number of aliphatic imine (C=N–C) groups is 1. The molecule has 1 aliphatic rings. The standard InChI is InChI=1S/C31H29F6N5O2/c1-16-4-2-6-24(27(16)29(38)31(35,36)37)41-15-26(43)42-25(12-17-10-19(32)14-20(33)11-17)28-21(5-3-9-40-28)18-7-8-23(34)22(13-18)30(39)44/h3,5,7-11,13-14,16,25H,2,4,6,12,15,38H2,1H3,(H2,39,44)(H,42,43)/t16?,25-/m0/s1. The number of hydrogen-bond donors (Lipinski definition) is 3. The number of aromatic nitrogens is 1. The van der Waals surface area contributed by atoms with Gasteiger partial charge in [-0.3, -0.25) is 19.6 Å². The van der Waals surface area contributed by atoms with Crippen LogP contribution in [0.5, 0.6) is 0 Å². The first-order valence-corrected chi connectivity index (χ1v) is 13.6. The van der Waals surface area contributed by atoms with E-state index in [0.717, 1.165) is 18.2 Å². The van der Waals surface area contributed by atoms with Crippen LogP contribution in [0.25, 0.3) is 11.1 Å². The Balaban J connectivity index is 1.71. The normalized spacial score (nSPS) is 18.2. The van der Waals surface area contributed by atoms with Gasteiger partial charge in [0.25, 0.3) is 5.91 Å². The van der Waals surface area contributed by atoms with Crippen molar-refractivity contribution in [3.8, 4) is 11.1 Å². The number of rotatable bonds is 8. The molecule has 1 fully saturated rings. The summed E-state index contributed by atoms with van der Waals surface area (Å²) in [6, 6.07) is 8.58. The average molecular weight is 618 g/mol. The molecule has 0 saturated heterocycles. The molecular weight excluding hydrogens is 588 g/mol. The first kappa shape index (κ1) is 32.2. The maximum Gasteiger partial charge on any atom is 0.431 e. The number of nitrogens with zero attached hydrogens (tertiary/aromatic N) is 2. The number of hydrogen-bond acceptors (Lipinski definition) is 5. The van der Waals surface area contributed by atoms with Crippen LogP contribution in [-0.2, 0) is 11.2 Å². The number of carbonyl (C=O) groups is 2. The van der Waals surface area contributed by atoms with E-state index < -0.39 is 59.6 Å². The summed E-state index contributed by atoms with van der Waals surface area (Å²) in [5.41, 5.74) is 10.1. The van der Waals surface area contributed by atoms with Gasteiger partial charge in [0, 0.05) is 29.1 Å². The fraction of sp³-hybridized carbons (Fsp3) is 0.290. The molecule has 1 heterocycles. The molecule has 232 valence electrons. The van der Waals surface area contributed by atoms with Crippen LogP contribution in [-0.4, -0.2) is 35.2 Å². The third kappa shape index (κ3) is 7.63. The highest BCUT2D eigenvalue weighted by atomic mass is 19.4. The van der Waals surface area contributed by atoms with Crippen LogP contribution in [0.3, 0.4) is 0 Å². The Morgan fingerprint density at radius 3 is 2.43 bits per heavy atom. The minimum atomic E-state index is -4.76. The van der Waals surface area contributed by atoms with Crippen LogP contribution in [0.4, 0.5) is 26.3 Å². The molecule has 2 atom stereocenters. The van der Waals surface area contributed by atoms with E-state index >= 15 is 0 Å². The maximum absolute atomic E-state index is 14.2. The number of nitrogens with two attached hydrogens (primary N) is 2. The van der Waals surface area contributed by atoms with Crippen molar-refractivity contribution in [3.05, 3.63) is 100 Å². The Morgan fingerprint density at radius 1 is 1.07 bits per heavy atom. The predicted molar refractivity (Wildman–Crippen MR) is 152 cm³/mol. The van der Waals surface area contributed by atoms with Gasteiger partial charge in [-0.25, -0.2) is 13.2 Å². The minimum Gasteiger partial charge on any atom is -0.394 e. The van der Waals surface area contributed by atoms with Gasteiger partial charge in [0.05, 0.1) is 17.3 Å². The van der Waals surface area contributed by atoms with Gasteiger partial charge in [-0.05, 0) is 73.1 Å². The zero-order valence-electron chi connectivity index (χ0n) is 23.5. The van der Waals surface area contributed by atoms with Crippen molar-refractivity contribution in [2.24, 2.45) is 22.4 Å². The van der Waals surface area contributed by atoms with Gasteiger partial charge in [0.1, 0.15) is 29.7 Å². The smallest absolute Gasteiger partial charge is 0.394 e. The number of allylic oxidation sites excluding steroid dienone is 2. The molecule has 0 bridgehead atoms. The lowest BCUT2D eigenvalue weighted by Crippen LogP contribution is -2.34. The maximum atomic E-state index is 14.2. The second-order valence-corrected chi connectivity index (χ2v) is 10.5. The van der Waals surface area contributed by atoms with Crippen molar-refractivity contribution in [2.45, 2.75) is 44.8 Å². The Hall–Kier alpha value is -4.68. The molecule has 13 heteroatoms. The first-order chi connectivity index (χ1) is 20.7. The number of primary amides is 1. The van der Waals surface area contributed by atoms with Crippen molar-refractivity contribution in [2.75, 3.05) is 6.54 Å². The second-order valence-electron chi connectivity index (χ2n) is 10.5. The fourth-order valence-electron chi connectivity index (χ4n) is 5.29. The summed E-state index contributed by atoms with van der Waals surface area (Å²) in [5, 5.41) is 2.72. The lowest BCUT2D eigenvalue weighted by molar-refractivity contribution is -0.120. The van der Waals surface area contributed by atoms with Crippen LogP contribution >= 0.6 is 0 Å². The second kappa shape index (κ2) is 13.3. The third-order valence-electron chi connectivity index (χ3n) is 7.27. The van der Waals surface area contributed by atoms with E-state index in [4.69, 9.17) is 11.5 Å². The number of alkyl halides is 3. The van der Waals surface area contributed by atoms with E-state index in [1.165, 1.54) is 18.3 Å². The van der Waals surface area contributed by atoms with Crippen molar-refractivity contribution in [1.82, 2.24) is 10.3 Å². The molecule has 5 N–H and O–H groups in total. The van der Waals surface area contributed by atoms with Crippen molar-refractivity contribution in [1.29, 1.82) is 0 Å². The molecule has 44 heavy (non-hydrogen) atoms. The zero-order valence-corrected chi connectivity index (χ0v) is 23.5. The molecule has 4 rings (SSSR count). The van der Waals surface area contributed by atoms with Crippen LogP contribution in [0.1, 0.15) is 53.8 Å². The Labute approximate surface area is 249 Å². The number of pyridine rings is 1. The predicted octanol–water partition coefficient (Wildman–Crippen LogP) is 5.70. The number of carbonyl (C=O) groups excluding carboxylic acids is 2. The highest BCUT2D eigenvalue weighted by Crippen LogP contribution is 2.35. The quantitative estimate of drug-likeness (QED) is 0.281. The number of halogens is 6. The molecule has 3 aromatic rings. The van der Waals surface area contributed by atoms with E-state index in [0.29, 0.717) is 30.0 Å². The van der Waals surface area contributed by atoms with Crippen LogP contribution < -0.4 is 16.8 Å². The summed E-state index contributed by atoms with van der Waals surface area (Å²) in [7, 11) is 0. The van der Waals surface area contributed by atoms with Gasteiger partial charge >= 0.3 is 6.18 Å². The third-order valence-corrected chi connectivity index (χ3v) is 7.27. The summed E-state index contributed by atoms with van der Waals surface area (Å²) < 4.78 is 82.7. The molecule has 0 radical (unpaired) electrons. The van der Waals surface area contributed by atoms with Gasteiger partial charge in [-0.15, -0.1) is 0 Å². The molecule has 7 nitrogen and oxygen atoms in total. The average Bonchev–Trinajstić information content (AvgIpc) is 2.94. The molecule has 1 aliphatic carbocycles. The van der Waals surface area contributed by atoms with Crippen LogP contribution in [0.15, 0.2) is 71.0 Å². The topological polar surface area (TPSA) is 123 Å². The molecule has 2 aromatic carbocycles. The van der Waals surface area contributed by atoms with Crippen molar-refractivity contribution < 1.29 is 35.9 Å². The number of amides is 2. The highest BCUT2D eigenvalue weighted by molar-refractivity contribution is 6.03. The summed E-state index contributed by atoms with van der Waals surface area (Å²) >= 11 is 0. The van der Waals surface area contributed by atoms with Gasteiger partial charge in [0.15, 0.2) is 0 Å². The minimum absolute atomic E-state index is 0.0845. The molecule has 1 aromatic heterocycles. The Bertz CT molecular complexity index is 1620. The van der Waals surface area contributed by atoms with Crippen molar-refractivity contribution in [3.63, 3.8) is 0 Å². The largest absolute Gasteiger partial charge is 0.431 e. The number of nitrogens with one attached hydrogen (secondary N) is 1.